The number of anilines is 6. The molecule has 0 saturated heterocycles. The van der Waals surface area contributed by atoms with Crippen LogP contribution in [0.3, 0.4) is 0 Å². The Morgan fingerprint density at radius 3 is 1.24 bits per heavy atom. The normalized spacial score (nSPS) is 13.6. The molecular weight excluding hydrogens is 1150 g/mol. The third kappa shape index (κ3) is 7.51. The van der Waals surface area contributed by atoms with E-state index in [1.807, 2.05) is 0 Å². The van der Waals surface area contributed by atoms with E-state index in [-0.39, 0.29) is 0 Å². The molecule has 0 aromatic heterocycles. The van der Waals surface area contributed by atoms with Gasteiger partial charge < -0.3 is 9.80 Å². The van der Waals surface area contributed by atoms with Gasteiger partial charge in [0.2, 0.25) is 0 Å². The average Bonchev–Trinajstić information content (AvgIpc) is 1.51. The van der Waals surface area contributed by atoms with Crippen LogP contribution in [0.5, 0.6) is 0 Å². The molecule has 0 bridgehead atoms. The molecule has 0 amide bonds. The van der Waals surface area contributed by atoms with Gasteiger partial charge in [0.1, 0.15) is 0 Å². The summed E-state index contributed by atoms with van der Waals surface area (Å²) in [5.74, 6) is 0. The van der Waals surface area contributed by atoms with Crippen molar-refractivity contribution in [1.82, 2.24) is 0 Å². The quantitative estimate of drug-likeness (QED) is 0.150. The second kappa shape index (κ2) is 20.3. The molecule has 2 nitrogen and oxygen atoms in total. The van der Waals surface area contributed by atoms with Gasteiger partial charge in [-0.2, -0.15) is 0 Å². The van der Waals surface area contributed by atoms with Crippen LogP contribution in [-0.4, -0.2) is 0 Å². The van der Waals surface area contributed by atoms with Crippen molar-refractivity contribution in [3.8, 4) is 55.6 Å². The van der Waals surface area contributed by atoms with Gasteiger partial charge in [0.25, 0.3) is 0 Å². The Kier molecular flexibility index (Phi) is 11.5. The van der Waals surface area contributed by atoms with Gasteiger partial charge in [0.05, 0.1) is 10.8 Å². The fraction of sp³-hybridized carbons (Fsp3) is 0.0538. The van der Waals surface area contributed by atoms with E-state index >= 15 is 0 Å². The van der Waals surface area contributed by atoms with Crippen LogP contribution in [-0.2, 0) is 17.3 Å². The SMILES string of the molecule is CCc1ccc(N(c2ccccc2)c2ccc3cc4c(cc3c2)C2(c3ccccc3-c3ccccc32)c2c-4ccc3c(-c4cccc(N(c5ccc(C)cc5)c5ccc6cc7c(cc6c5)C5(c6ccccc6-c6ccccc65)c5c-7ccc6ccccc56)c4)cccc23)cc1. The number of nitrogens with zero attached hydrogens (tertiary/aromatic N) is 2. The van der Waals surface area contributed by atoms with Crippen molar-refractivity contribution in [3.05, 3.63) is 383 Å². The van der Waals surface area contributed by atoms with Crippen LogP contribution in [0.15, 0.2) is 328 Å². The van der Waals surface area contributed by atoms with Crippen molar-refractivity contribution in [2.24, 2.45) is 0 Å². The van der Waals surface area contributed by atoms with E-state index < -0.39 is 10.8 Å². The van der Waals surface area contributed by atoms with Crippen molar-refractivity contribution < 1.29 is 0 Å². The Morgan fingerprint density at radius 1 is 0.242 bits per heavy atom. The number of hydrogen-bond donors (Lipinski definition) is 0. The smallest absolute Gasteiger partial charge is 0.0731 e. The first kappa shape index (κ1) is 53.8. The molecule has 95 heavy (non-hydrogen) atoms. The molecule has 0 N–H and O–H groups in total. The van der Waals surface area contributed by atoms with Gasteiger partial charge in [-0.15, -0.1) is 0 Å². The molecule has 0 heterocycles. The lowest BCUT2D eigenvalue weighted by molar-refractivity contribution is 0.802. The summed E-state index contributed by atoms with van der Waals surface area (Å²) in [6.45, 7) is 4.40. The third-order valence-corrected chi connectivity index (χ3v) is 21.8. The van der Waals surface area contributed by atoms with Gasteiger partial charge in [0, 0.05) is 34.1 Å². The Balaban J connectivity index is 0.754. The van der Waals surface area contributed by atoms with E-state index in [1.54, 1.807) is 0 Å². The number of aryl methyl sites for hydroxylation is 2. The third-order valence-electron chi connectivity index (χ3n) is 21.8. The van der Waals surface area contributed by atoms with E-state index in [2.05, 4.69) is 351 Å². The van der Waals surface area contributed by atoms with E-state index in [9.17, 15) is 0 Å². The van der Waals surface area contributed by atoms with Crippen LogP contribution in [0.4, 0.5) is 34.1 Å². The van der Waals surface area contributed by atoms with Gasteiger partial charge >= 0.3 is 0 Å². The van der Waals surface area contributed by atoms with E-state index in [1.165, 1.54) is 149 Å². The summed E-state index contributed by atoms with van der Waals surface area (Å²) < 4.78 is 0. The summed E-state index contributed by atoms with van der Waals surface area (Å²) in [5.41, 5.74) is 31.7. The molecule has 2 heteroatoms. The number of rotatable bonds is 8. The van der Waals surface area contributed by atoms with Crippen molar-refractivity contribution in [3.63, 3.8) is 0 Å². The molecule has 16 aromatic carbocycles. The summed E-state index contributed by atoms with van der Waals surface area (Å²) in [7, 11) is 0. The Morgan fingerprint density at radius 2 is 0.663 bits per heavy atom. The maximum absolute atomic E-state index is 2.54. The highest BCUT2D eigenvalue weighted by atomic mass is 15.1. The minimum absolute atomic E-state index is 0.495. The monoisotopic (exact) mass is 1210 g/mol. The predicted molar refractivity (Wildman–Crippen MR) is 398 cm³/mol. The zero-order valence-corrected chi connectivity index (χ0v) is 52.8. The van der Waals surface area contributed by atoms with E-state index in [0.29, 0.717) is 0 Å². The van der Waals surface area contributed by atoms with Gasteiger partial charge in [-0.25, -0.2) is 0 Å². The van der Waals surface area contributed by atoms with Gasteiger partial charge in [-0.3, -0.25) is 0 Å². The minimum Gasteiger partial charge on any atom is -0.310 e. The molecular formula is C93H62N2. The standard InChI is InChI=1S/C93H62N2/c1-3-59-37-44-68(45-38-59)94(66-21-5-4-6-22-66)70-46-39-61-55-83-81-50-49-74-72(29-18-30-79(74)91(81)93(89(83)57-64(61)52-70)86-33-15-11-27-77(86)78-28-12-16-34-87(78)93)63-20-17-23-69(51-63)95(67-42-35-58(2)36-43-67)71-47-40-62-54-82-80-48-41-60-19-7-8-24-73(60)90(80)92(88(82)56-65(62)53-71)84-31-13-9-25-75(84)76-26-10-14-32-85(76)92/h4-57H,3H2,1-2H3. The molecule has 4 aliphatic carbocycles. The highest BCUT2D eigenvalue weighted by Crippen LogP contribution is 2.67. The molecule has 16 aromatic rings. The Bertz CT molecular complexity index is 5820. The lowest BCUT2D eigenvalue weighted by Gasteiger charge is -2.32. The molecule has 0 radical (unpaired) electrons. The van der Waals surface area contributed by atoms with Gasteiger partial charge in [0.15, 0.2) is 0 Å². The maximum atomic E-state index is 2.54. The number of benzene rings is 16. The number of fused-ring (bicyclic) bond motifs is 26. The van der Waals surface area contributed by atoms with Crippen molar-refractivity contribution >= 4 is 77.2 Å². The fourth-order valence-electron chi connectivity index (χ4n) is 17.8. The van der Waals surface area contributed by atoms with Crippen LogP contribution in [0.1, 0.15) is 62.6 Å². The van der Waals surface area contributed by atoms with Gasteiger partial charge in [-0.05, 0) is 259 Å². The zero-order valence-electron chi connectivity index (χ0n) is 52.8. The van der Waals surface area contributed by atoms with Crippen LogP contribution in [0, 0.1) is 6.92 Å². The summed E-state index contributed by atoms with van der Waals surface area (Å²) in [6.07, 6.45) is 0.998. The number of hydrogen-bond acceptors (Lipinski definition) is 2. The summed E-state index contributed by atoms with van der Waals surface area (Å²) >= 11 is 0. The van der Waals surface area contributed by atoms with E-state index in [4.69, 9.17) is 0 Å². The first-order valence-electron chi connectivity index (χ1n) is 33.5. The second-order valence-corrected chi connectivity index (χ2v) is 26.6. The lowest BCUT2D eigenvalue weighted by Crippen LogP contribution is -2.26. The van der Waals surface area contributed by atoms with Crippen molar-refractivity contribution in [2.45, 2.75) is 31.1 Å². The first-order valence-corrected chi connectivity index (χ1v) is 33.5. The maximum Gasteiger partial charge on any atom is 0.0731 e. The minimum atomic E-state index is -0.587. The highest BCUT2D eigenvalue weighted by molar-refractivity contribution is 6.11. The molecule has 2 spiro atoms. The average molecular weight is 1210 g/mol. The molecule has 444 valence electrons. The largest absolute Gasteiger partial charge is 0.310 e. The summed E-state index contributed by atoms with van der Waals surface area (Å²) in [5, 5.41) is 9.93. The first-order chi connectivity index (χ1) is 46.9. The molecule has 0 aliphatic heterocycles. The summed E-state index contributed by atoms with van der Waals surface area (Å²) in [4.78, 5) is 4.86. The van der Waals surface area contributed by atoms with Crippen LogP contribution in [0.25, 0.3) is 98.7 Å². The topological polar surface area (TPSA) is 6.48 Å². The Hall–Kier alpha value is -11.8. The summed E-state index contributed by atoms with van der Waals surface area (Å²) in [6, 6.07) is 125. The van der Waals surface area contributed by atoms with Crippen molar-refractivity contribution in [2.75, 3.05) is 9.80 Å². The number of para-hydroxylation sites is 1. The van der Waals surface area contributed by atoms with Crippen LogP contribution >= 0.6 is 0 Å². The predicted octanol–water partition coefficient (Wildman–Crippen LogP) is 24.5. The molecule has 4 aliphatic rings. The van der Waals surface area contributed by atoms with Crippen LogP contribution < -0.4 is 9.80 Å². The van der Waals surface area contributed by atoms with Crippen LogP contribution in [0.2, 0.25) is 0 Å². The molecule has 20 rings (SSSR count). The zero-order chi connectivity index (χ0) is 62.7. The molecule has 0 atom stereocenters. The molecule has 0 unspecified atom stereocenters. The highest BCUT2D eigenvalue weighted by Gasteiger charge is 2.54. The van der Waals surface area contributed by atoms with E-state index in [0.717, 1.165) is 46.1 Å². The lowest BCUT2D eigenvalue weighted by atomic mass is 9.69. The van der Waals surface area contributed by atoms with Crippen molar-refractivity contribution in [1.29, 1.82) is 0 Å². The molecule has 0 saturated carbocycles. The fourth-order valence-corrected chi connectivity index (χ4v) is 17.8. The molecule has 0 fully saturated rings. The second-order valence-electron chi connectivity index (χ2n) is 26.6. The van der Waals surface area contributed by atoms with Gasteiger partial charge in [-0.1, -0.05) is 243 Å². The Labute approximate surface area is 553 Å².